The molecular weight excluding hydrogens is 152 g/mol. The molecule has 0 amide bonds. The molecule has 0 aromatic carbocycles. The average molecular weight is 172 g/mol. The van der Waals surface area contributed by atoms with Crippen molar-refractivity contribution in [3.63, 3.8) is 0 Å². The molecule has 0 bridgehead atoms. The van der Waals surface area contributed by atoms with Crippen molar-refractivity contribution in [1.82, 2.24) is 0 Å². The van der Waals surface area contributed by atoms with Crippen LogP contribution in [0.4, 0.5) is 0 Å². The molecule has 0 heterocycles. The molecule has 2 nitrogen and oxygen atoms in total. The van der Waals surface area contributed by atoms with Crippen molar-refractivity contribution in [3.8, 4) is 0 Å². The molecule has 0 spiro atoms. The van der Waals surface area contributed by atoms with Gasteiger partial charge in [0.25, 0.3) is 0 Å². The van der Waals surface area contributed by atoms with Gasteiger partial charge in [0.15, 0.2) is 0 Å². The molecule has 0 aliphatic heterocycles. The Bertz CT molecular complexity index is 119. The van der Waals surface area contributed by atoms with Crippen molar-refractivity contribution in [2.45, 2.75) is 45.1 Å². The molecule has 1 saturated carbocycles. The van der Waals surface area contributed by atoms with Crippen LogP contribution < -0.4 is 0 Å². The van der Waals surface area contributed by atoms with Gasteiger partial charge in [0.05, 0.1) is 6.10 Å². The first-order chi connectivity index (χ1) is 5.75. The van der Waals surface area contributed by atoms with Crippen LogP contribution >= 0.6 is 0 Å². The highest BCUT2D eigenvalue weighted by Crippen LogP contribution is 2.29. The van der Waals surface area contributed by atoms with Gasteiger partial charge in [-0.15, -0.1) is 0 Å². The highest BCUT2D eigenvalue weighted by atomic mass is 16.3. The van der Waals surface area contributed by atoms with Crippen molar-refractivity contribution in [3.05, 3.63) is 0 Å². The summed E-state index contributed by atoms with van der Waals surface area (Å²) >= 11 is 0. The van der Waals surface area contributed by atoms with E-state index in [1.54, 1.807) is 0 Å². The number of aliphatic hydroxyl groups is 2. The van der Waals surface area contributed by atoms with Gasteiger partial charge in [-0.3, -0.25) is 0 Å². The molecular formula is C10H20O2. The first-order valence-corrected chi connectivity index (χ1v) is 5.04. The highest BCUT2D eigenvalue weighted by Gasteiger charge is 2.25. The second-order valence-electron chi connectivity index (χ2n) is 4.05. The maximum Gasteiger partial charge on any atom is 0.0615 e. The predicted octanol–water partition coefficient (Wildman–Crippen LogP) is 1.56. The molecule has 0 radical (unpaired) electrons. The van der Waals surface area contributed by atoms with Gasteiger partial charge >= 0.3 is 0 Å². The predicted molar refractivity (Wildman–Crippen MR) is 48.8 cm³/mol. The molecule has 0 aromatic rings. The van der Waals surface area contributed by atoms with E-state index in [-0.39, 0.29) is 18.6 Å². The van der Waals surface area contributed by atoms with E-state index in [0.717, 1.165) is 12.8 Å². The molecule has 1 aliphatic rings. The summed E-state index contributed by atoms with van der Waals surface area (Å²) in [5, 5.41) is 18.7. The lowest BCUT2D eigenvalue weighted by Crippen LogP contribution is -2.30. The Kier molecular flexibility index (Phi) is 4.02. The Labute approximate surface area is 74.6 Å². The summed E-state index contributed by atoms with van der Waals surface area (Å²) in [7, 11) is 0. The van der Waals surface area contributed by atoms with Crippen LogP contribution in [0.1, 0.15) is 39.0 Å². The lowest BCUT2D eigenvalue weighted by molar-refractivity contribution is 0.0171. The van der Waals surface area contributed by atoms with Crippen LogP contribution in [0.5, 0.6) is 0 Å². The Morgan fingerprint density at radius 3 is 2.33 bits per heavy atom. The van der Waals surface area contributed by atoms with Gasteiger partial charge in [-0.05, 0) is 18.8 Å². The van der Waals surface area contributed by atoms with Crippen molar-refractivity contribution in [1.29, 1.82) is 0 Å². The van der Waals surface area contributed by atoms with Crippen LogP contribution in [0.15, 0.2) is 0 Å². The molecule has 1 aliphatic carbocycles. The summed E-state index contributed by atoms with van der Waals surface area (Å²) in [6.07, 6.45) is 5.82. The standard InChI is InChI=1S/C10H20O2/c1-8(7-11)10(12)9-5-3-2-4-6-9/h8-12H,2-7H2,1H3. The minimum atomic E-state index is -0.282. The number of hydrogen-bond donors (Lipinski definition) is 2. The van der Waals surface area contributed by atoms with E-state index in [9.17, 15) is 5.11 Å². The maximum absolute atomic E-state index is 9.78. The zero-order valence-electron chi connectivity index (χ0n) is 7.87. The van der Waals surface area contributed by atoms with E-state index in [0.29, 0.717) is 5.92 Å². The van der Waals surface area contributed by atoms with Gasteiger partial charge in [-0.2, -0.15) is 0 Å². The SMILES string of the molecule is CC(CO)C(O)C1CCCCC1. The van der Waals surface area contributed by atoms with Crippen molar-refractivity contribution >= 4 is 0 Å². The summed E-state index contributed by atoms with van der Waals surface area (Å²) in [6, 6.07) is 0. The average Bonchev–Trinajstić information content (AvgIpc) is 2.17. The highest BCUT2D eigenvalue weighted by molar-refractivity contribution is 4.76. The smallest absolute Gasteiger partial charge is 0.0615 e. The third-order valence-electron chi connectivity index (χ3n) is 3.00. The Hall–Kier alpha value is -0.0800. The van der Waals surface area contributed by atoms with E-state index < -0.39 is 0 Å². The fraction of sp³-hybridized carbons (Fsp3) is 1.00. The number of rotatable bonds is 3. The lowest BCUT2D eigenvalue weighted by atomic mass is 9.81. The minimum Gasteiger partial charge on any atom is -0.396 e. The van der Waals surface area contributed by atoms with Crippen LogP contribution in [0, 0.1) is 11.8 Å². The normalized spacial score (nSPS) is 25.2. The van der Waals surface area contributed by atoms with E-state index >= 15 is 0 Å². The summed E-state index contributed by atoms with van der Waals surface area (Å²) in [5.74, 6) is 0.494. The Balaban J connectivity index is 2.33. The Morgan fingerprint density at radius 2 is 1.83 bits per heavy atom. The molecule has 0 saturated heterocycles. The van der Waals surface area contributed by atoms with Gasteiger partial charge in [0.1, 0.15) is 0 Å². The third kappa shape index (κ3) is 2.46. The molecule has 2 N–H and O–H groups in total. The summed E-state index contributed by atoms with van der Waals surface area (Å²) < 4.78 is 0. The third-order valence-corrected chi connectivity index (χ3v) is 3.00. The maximum atomic E-state index is 9.78. The molecule has 1 fully saturated rings. The zero-order valence-corrected chi connectivity index (χ0v) is 7.87. The summed E-state index contributed by atoms with van der Waals surface area (Å²) in [6.45, 7) is 2.02. The summed E-state index contributed by atoms with van der Waals surface area (Å²) in [4.78, 5) is 0. The van der Waals surface area contributed by atoms with Crippen LogP contribution in [0.2, 0.25) is 0 Å². The molecule has 2 unspecified atom stereocenters. The monoisotopic (exact) mass is 172 g/mol. The molecule has 2 heteroatoms. The molecule has 1 rings (SSSR count). The molecule has 0 aromatic heterocycles. The zero-order chi connectivity index (χ0) is 8.97. The molecule has 12 heavy (non-hydrogen) atoms. The quantitative estimate of drug-likeness (QED) is 0.678. The first-order valence-electron chi connectivity index (χ1n) is 5.04. The van der Waals surface area contributed by atoms with Gasteiger partial charge in [0.2, 0.25) is 0 Å². The van der Waals surface area contributed by atoms with Crippen molar-refractivity contribution in [2.75, 3.05) is 6.61 Å². The van der Waals surface area contributed by atoms with E-state index in [4.69, 9.17) is 5.11 Å². The second-order valence-corrected chi connectivity index (χ2v) is 4.05. The topological polar surface area (TPSA) is 40.5 Å². The Morgan fingerprint density at radius 1 is 1.25 bits per heavy atom. The first kappa shape index (κ1) is 10.0. The van der Waals surface area contributed by atoms with Crippen molar-refractivity contribution in [2.24, 2.45) is 11.8 Å². The summed E-state index contributed by atoms with van der Waals surface area (Å²) in [5.41, 5.74) is 0. The van der Waals surface area contributed by atoms with Crippen molar-refractivity contribution < 1.29 is 10.2 Å². The van der Waals surface area contributed by atoms with E-state index in [1.807, 2.05) is 6.92 Å². The van der Waals surface area contributed by atoms with Crippen LogP contribution in [0.3, 0.4) is 0 Å². The number of aliphatic hydroxyl groups excluding tert-OH is 2. The van der Waals surface area contributed by atoms with Gasteiger partial charge in [-0.1, -0.05) is 26.2 Å². The van der Waals surface area contributed by atoms with Gasteiger partial charge < -0.3 is 10.2 Å². The van der Waals surface area contributed by atoms with E-state index in [2.05, 4.69) is 0 Å². The minimum absolute atomic E-state index is 0.0492. The fourth-order valence-corrected chi connectivity index (χ4v) is 2.05. The molecule has 2 atom stereocenters. The van der Waals surface area contributed by atoms with Crippen LogP contribution in [-0.2, 0) is 0 Å². The van der Waals surface area contributed by atoms with Gasteiger partial charge in [-0.25, -0.2) is 0 Å². The second kappa shape index (κ2) is 4.83. The molecule has 72 valence electrons. The van der Waals surface area contributed by atoms with E-state index in [1.165, 1.54) is 19.3 Å². The number of hydrogen-bond acceptors (Lipinski definition) is 2. The largest absolute Gasteiger partial charge is 0.396 e. The lowest BCUT2D eigenvalue weighted by Gasteiger charge is -2.29. The van der Waals surface area contributed by atoms with Gasteiger partial charge in [0, 0.05) is 12.5 Å². The fourth-order valence-electron chi connectivity index (χ4n) is 2.05. The van der Waals surface area contributed by atoms with Crippen LogP contribution in [-0.4, -0.2) is 22.9 Å². The van der Waals surface area contributed by atoms with Crippen LogP contribution in [0.25, 0.3) is 0 Å².